The van der Waals surface area contributed by atoms with E-state index in [0.29, 0.717) is 13.2 Å². The van der Waals surface area contributed by atoms with Gasteiger partial charge in [0.2, 0.25) is 0 Å². The van der Waals surface area contributed by atoms with E-state index in [2.05, 4.69) is 41.0 Å². The maximum absolute atomic E-state index is 9.89. The number of aryl methyl sites for hydroxylation is 1. The van der Waals surface area contributed by atoms with Gasteiger partial charge in [0.25, 0.3) is 0 Å². The van der Waals surface area contributed by atoms with Gasteiger partial charge in [-0.05, 0) is 18.6 Å². The molecule has 0 unspecified atom stereocenters. The van der Waals surface area contributed by atoms with E-state index < -0.39 is 0 Å². The molecular formula is C15H22N2O2. The van der Waals surface area contributed by atoms with Crippen LogP contribution in [0.2, 0.25) is 0 Å². The summed E-state index contributed by atoms with van der Waals surface area (Å²) in [6.45, 7) is 7.37. The number of hydrogen-bond donors (Lipinski definition) is 1. The van der Waals surface area contributed by atoms with Gasteiger partial charge in [-0.15, -0.1) is 0 Å². The summed E-state index contributed by atoms with van der Waals surface area (Å²) in [6, 6.07) is 8.73. The molecule has 2 aliphatic heterocycles. The molecule has 2 saturated heterocycles. The van der Waals surface area contributed by atoms with Gasteiger partial charge in [-0.25, -0.2) is 0 Å². The summed E-state index contributed by atoms with van der Waals surface area (Å²) in [5, 5.41) is 9.89. The van der Waals surface area contributed by atoms with Crippen LogP contribution < -0.4 is 4.90 Å². The Morgan fingerprint density at radius 2 is 1.84 bits per heavy atom. The van der Waals surface area contributed by atoms with Crippen molar-refractivity contribution < 1.29 is 9.84 Å². The van der Waals surface area contributed by atoms with Crippen LogP contribution in [0.1, 0.15) is 5.56 Å². The Balaban J connectivity index is 1.62. The minimum atomic E-state index is -0.315. The lowest BCUT2D eigenvalue weighted by Crippen LogP contribution is -2.53. The fourth-order valence-corrected chi connectivity index (χ4v) is 3.09. The first-order valence-electron chi connectivity index (χ1n) is 7.06. The van der Waals surface area contributed by atoms with Gasteiger partial charge in [-0.3, -0.25) is 4.90 Å². The summed E-state index contributed by atoms with van der Waals surface area (Å²) in [5.41, 5.74) is 2.67. The number of aliphatic hydroxyl groups is 1. The Morgan fingerprint density at radius 3 is 2.47 bits per heavy atom. The Bertz CT molecular complexity index is 430. The van der Waals surface area contributed by atoms with Gasteiger partial charge in [0.05, 0.1) is 25.4 Å². The summed E-state index contributed by atoms with van der Waals surface area (Å²) in [4.78, 5) is 4.81. The lowest BCUT2D eigenvalue weighted by Gasteiger charge is -2.39. The summed E-state index contributed by atoms with van der Waals surface area (Å²) in [5.74, 6) is 0. The topological polar surface area (TPSA) is 35.9 Å². The molecule has 1 aromatic carbocycles. The highest BCUT2D eigenvalue weighted by Crippen LogP contribution is 2.22. The van der Waals surface area contributed by atoms with Crippen molar-refractivity contribution in [1.82, 2.24) is 4.90 Å². The third-order valence-corrected chi connectivity index (χ3v) is 4.26. The van der Waals surface area contributed by atoms with Crippen LogP contribution in [0.25, 0.3) is 0 Å². The molecule has 1 aromatic rings. The maximum atomic E-state index is 9.89. The van der Waals surface area contributed by atoms with Crippen LogP contribution in [0, 0.1) is 6.92 Å². The van der Waals surface area contributed by atoms with E-state index in [1.807, 2.05) is 0 Å². The predicted molar refractivity (Wildman–Crippen MR) is 75.6 cm³/mol. The average Bonchev–Trinajstić information content (AvgIpc) is 2.86. The van der Waals surface area contributed by atoms with Crippen LogP contribution in [-0.2, 0) is 4.74 Å². The van der Waals surface area contributed by atoms with E-state index in [-0.39, 0.29) is 12.1 Å². The van der Waals surface area contributed by atoms with Crippen LogP contribution in [0.3, 0.4) is 0 Å². The third kappa shape index (κ3) is 2.61. The fourth-order valence-electron chi connectivity index (χ4n) is 3.09. The van der Waals surface area contributed by atoms with E-state index in [0.717, 1.165) is 26.2 Å². The standard InChI is InChI=1S/C15H22N2O2/c1-12-4-2-3-5-13(12)16-6-8-17(9-7-16)14-10-19-11-15(14)18/h2-5,14-15,18H,6-11H2,1H3/t14-,15-/m1/s1. The van der Waals surface area contributed by atoms with Crippen molar-refractivity contribution in [3.05, 3.63) is 29.8 Å². The molecule has 0 amide bonds. The molecule has 104 valence electrons. The van der Waals surface area contributed by atoms with Crippen LogP contribution in [-0.4, -0.2) is 61.5 Å². The van der Waals surface area contributed by atoms with Gasteiger partial charge in [0.15, 0.2) is 0 Å². The van der Waals surface area contributed by atoms with Crippen molar-refractivity contribution in [2.45, 2.75) is 19.1 Å². The smallest absolute Gasteiger partial charge is 0.0950 e. The molecule has 2 heterocycles. The molecular weight excluding hydrogens is 240 g/mol. The van der Waals surface area contributed by atoms with E-state index in [1.54, 1.807) is 0 Å². The van der Waals surface area contributed by atoms with Crippen molar-refractivity contribution in [3.8, 4) is 0 Å². The monoisotopic (exact) mass is 262 g/mol. The molecule has 2 atom stereocenters. The fraction of sp³-hybridized carbons (Fsp3) is 0.600. The number of para-hydroxylation sites is 1. The minimum Gasteiger partial charge on any atom is -0.389 e. The number of rotatable bonds is 2. The van der Waals surface area contributed by atoms with Crippen LogP contribution in [0.5, 0.6) is 0 Å². The van der Waals surface area contributed by atoms with Crippen molar-refractivity contribution >= 4 is 5.69 Å². The Labute approximate surface area is 114 Å². The normalized spacial score (nSPS) is 28.8. The summed E-state index contributed by atoms with van der Waals surface area (Å²) >= 11 is 0. The van der Waals surface area contributed by atoms with Gasteiger partial charge in [-0.2, -0.15) is 0 Å². The van der Waals surface area contributed by atoms with Gasteiger partial charge in [0, 0.05) is 31.9 Å². The number of anilines is 1. The average molecular weight is 262 g/mol. The lowest BCUT2D eigenvalue weighted by atomic mass is 10.1. The molecule has 0 aromatic heterocycles. The van der Waals surface area contributed by atoms with E-state index in [1.165, 1.54) is 11.3 Å². The second-order valence-corrected chi connectivity index (χ2v) is 5.48. The lowest BCUT2D eigenvalue weighted by molar-refractivity contribution is 0.0785. The Hall–Kier alpha value is -1.10. The second-order valence-electron chi connectivity index (χ2n) is 5.48. The van der Waals surface area contributed by atoms with Crippen molar-refractivity contribution in [1.29, 1.82) is 0 Å². The molecule has 3 rings (SSSR count). The molecule has 2 aliphatic rings. The number of hydrogen-bond acceptors (Lipinski definition) is 4. The number of aliphatic hydroxyl groups excluding tert-OH is 1. The molecule has 0 bridgehead atoms. The molecule has 19 heavy (non-hydrogen) atoms. The number of piperazine rings is 1. The molecule has 0 aliphatic carbocycles. The highest BCUT2D eigenvalue weighted by Gasteiger charge is 2.33. The predicted octanol–water partition coefficient (Wildman–Crippen LogP) is 0.877. The Kier molecular flexibility index (Phi) is 3.73. The van der Waals surface area contributed by atoms with Crippen molar-refractivity contribution in [2.24, 2.45) is 0 Å². The second kappa shape index (κ2) is 5.49. The molecule has 0 radical (unpaired) electrons. The first-order chi connectivity index (χ1) is 9.25. The van der Waals surface area contributed by atoms with Crippen LogP contribution in [0.4, 0.5) is 5.69 Å². The van der Waals surface area contributed by atoms with Gasteiger partial charge >= 0.3 is 0 Å². The van der Waals surface area contributed by atoms with Gasteiger partial charge < -0.3 is 14.7 Å². The molecule has 0 saturated carbocycles. The van der Waals surface area contributed by atoms with Crippen LogP contribution in [0.15, 0.2) is 24.3 Å². The first kappa shape index (κ1) is 12.9. The zero-order valence-electron chi connectivity index (χ0n) is 11.5. The number of ether oxygens (including phenoxy) is 1. The largest absolute Gasteiger partial charge is 0.389 e. The summed E-state index contributed by atoms with van der Waals surface area (Å²) < 4.78 is 5.35. The SMILES string of the molecule is Cc1ccccc1N1CCN([C@@H]2COC[C@H]2O)CC1. The first-order valence-corrected chi connectivity index (χ1v) is 7.06. The van der Waals surface area contributed by atoms with Crippen molar-refractivity contribution in [2.75, 3.05) is 44.3 Å². The van der Waals surface area contributed by atoms with Crippen molar-refractivity contribution in [3.63, 3.8) is 0 Å². The third-order valence-electron chi connectivity index (χ3n) is 4.26. The molecule has 0 spiro atoms. The zero-order chi connectivity index (χ0) is 13.2. The summed E-state index contributed by atoms with van der Waals surface area (Å²) in [7, 11) is 0. The molecule has 4 nitrogen and oxygen atoms in total. The quantitative estimate of drug-likeness (QED) is 0.858. The van der Waals surface area contributed by atoms with E-state index >= 15 is 0 Å². The van der Waals surface area contributed by atoms with Gasteiger partial charge in [-0.1, -0.05) is 18.2 Å². The molecule has 1 N–H and O–H groups in total. The zero-order valence-corrected chi connectivity index (χ0v) is 11.5. The highest BCUT2D eigenvalue weighted by molar-refractivity contribution is 5.53. The van der Waals surface area contributed by atoms with E-state index in [9.17, 15) is 5.11 Å². The van der Waals surface area contributed by atoms with Gasteiger partial charge in [0.1, 0.15) is 0 Å². The maximum Gasteiger partial charge on any atom is 0.0950 e. The minimum absolute atomic E-state index is 0.194. The number of benzene rings is 1. The Morgan fingerprint density at radius 1 is 1.11 bits per heavy atom. The highest BCUT2D eigenvalue weighted by atomic mass is 16.5. The molecule has 4 heteroatoms. The summed E-state index contributed by atoms with van der Waals surface area (Å²) in [6.07, 6.45) is -0.315. The van der Waals surface area contributed by atoms with E-state index in [4.69, 9.17) is 4.74 Å². The molecule has 2 fully saturated rings. The van der Waals surface area contributed by atoms with Crippen LogP contribution >= 0.6 is 0 Å². The number of nitrogens with zero attached hydrogens (tertiary/aromatic N) is 2.